The maximum absolute atomic E-state index is 12.3. The largest absolute Gasteiger partial charge is 0.318 e. The molecule has 1 aromatic carbocycles. The number of thioether (sulfide) groups is 1. The summed E-state index contributed by atoms with van der Waals surface area (Å²) in [6.45, 7) is 5.87. The quantitative estimate of drug-likeness (QED) is 0.460. The number of nitrogens with zero attached hydrogens (tertiary/aromatic N) is 3. The number of likely N-dealkylation sites (N-methyl/N-ethyl adjacent to an activating group) is 1. The maximum atomic E-state index is 12.3. The number of hydrogen-bond acceptors (Lipinski definition) is 5. The van der Waals surface area contributed by atoms with Crippen molar-refractivity contribution in [3.8, 4) is 5.69 Å². The van der Waals surface area contributed by atoms with Crippen LogP contribution in [0.25, 0.3) is 11.8 Å². The number of aromatic nitrogens is 1. The molecule has 1 saturated heterocycles. The van der Waals surface area contributed by atoms with Gasteiger partial charge in [-0.3, -0.25) is 24.6 Å². The van der Waals surface area contributed by atoms with E-state index in [1.807, 2.05) is 24.5 Å². The summed E-state index contributed by atoms with van der Waals surface area (Å²) in [6.07, 6.45) is 1.71. The summed E-state index contributed by atoms with van der Waals surface area (Å²) < 4.78 is 1.89. The molecule has 1 aliphatic heterocycles. The Kier molecular flexibility index (Phi) is 4.69. The third-order valence-corrected chi connectivity index (χ3v) is 5.15. The molecule has 8 heteroatoms. The Morgan fingerprint density at radius 1 is 1.23 bits per heavy atom. The van der Waals surface area contributed by atoms with E-state index in [4.69, 9.17) is 0 Å². The first-order valence-corrected chi connectivity index (χ1v) is 8.84. The molecule has 0 unspecified atom stereocenters. The lowest BCUT2D eigenvalue weighted by Crippen LogP contribution is -2.27. The van der Waals surface area contributed by atoms with E-state index in [2.05, 4.69) is 0 Å². The third-order valence-electron chi connectivity index (χ3n) is 4.25. The topological polar surface area (TPSA) is 85.4 Å². The van der Waals surface area contributed by atoms with Crippen LogP contribution in [0.2, 0.25) is 0 Å². The van der Waals surface area contributed by atoms with Crippen LogP contribution in [-0.2, 0) is 4.79 Å². The summed E-state index contributed by atoms with van der Waals surface area (Å²) in [4.78, 5) is 36.3. The Balaban J connectivity index is 2.03. The molecular formula is C18H17N3O4S. The molecular weight excluding hydrogens is 354 g/mol. The fourth-order valence-corrected chi connectivity index (χ4v) is 3.88. The second kappa shape index (κ2) is 6.80. The summed E-state index contributed by atoms with van der Waals surface area (Å²) in [5.41, 5.74) is 3.21. The van der Waals surface area contributed by atoms with Crippen molar-refractivity contribution in [2.45, 2.75) is 20.8 Å². The van der Waals surface area contributed by atoms with Crippen molar-refractivity contribution >= 4 is 34.7 Å². The number of rotatable bonds is 4. The van der Waals surface area contributed by atoms with Crippen LogP contribution in [0.4, 0.5) is 10.5 Å². The molecule has 1 fully saturated rings. The SMILES string of the molecule is CCN1C(=O)S/C(=C/c2cc(C)n(-c3cccc([N+](=O)[O-])c3)c2C)C1=O. The number of benzene rings is 1. The second-order valence-electron chi connectivity index (χ2n) is 5.86. The zero-order valence-corrected chi connectivity index (χ0v) is 15.4. The van der Waals surface area contributed by atoms with Crippen molar-refractivity contribution in [2.75, 3.05) is 6.54 Å². The highest BCUT2D eigenvalue weighted by molar-refractivity contribution is 8.18. The van der Waals surface area contributed by atoms with Crippen molar-refractivity contribution in [1.82, 2.24) is 9.47 Å². The third kappa shape index (κ3) is 3.03. The molecule has 0 saturated carbocycles. The molecule has 0 N–H and O–H groups in total. The molecule has 1 aromatic heterocycles. The average Bonchev–Trinajstić information content (AvgIpc) is 3.03. The average molecular weight is 371 g/mol. The van der Waals surface area contributed by atoms with Gasteiger partial charge >= 0.3 is 0 Å². The monoisotopic (exact) mass is 371 g/mol. The van der Waals surface area contributed by atoms with Crippen LogP contribution >= 0.6 is 11.8 Å². The number of amides is 2. The van der Waals surface area contributed by atoms with Gasteiger partial charge in [0, 0.05) is 30.1 Å². The maximum Gasteiger partial charge on any atom is 0.293 e. The van der Waals surface area contributed by atoms with Gasteiger partial charge in [0.15, 0.2) is 0 Å². The Morgan fingerprint density at radius 3 is 2.58 bits per heavy atom. The van der Waals surface area contributed by atoms with Gasteiger partial charge in [0.05, 0.1) is 15.5 Å². The van der Waals surface area contributed by atoms with Gasteiger partial charge in [-0.25, -0.2) is 0 Å². The fourth-order valence-electron chi connectivity index (χ4n) is 2.99. The number of hydrogen-bond donors (Lipinski definition) is 0. The van der Waals surface area contributed by atoms with Gasteiger partial charge in [0.1, 0.15) is 0 Å². The molecule has 0 spiro atoms. The molecule has 0 aliphatic carbocycles. The molecule has 2 amide bonds. The van der Waals surface area contributed by atoms with Gasteiger partial charge in [-0.05, 0) is 56.3 Å². The second-order valence-corrected chi connectivity index (χ2v) is 6.86. The molecule has 0 bridgehead atoms. The highest BCUT2D eigenvalue weighted by atomic mass is 32.2. The number of carbonyl (C=O) groups excluding carboxylic acids is 2. The predicted molar refractivity (Wildman–Crippen MR) is 100 cm³/mol. The van der Waals surface area contributed by atoms with Crippen LogP contribution in [0.15, 0.2) is 35.2 Å². The first kappa shape index (κ1) is 17.9. The number of nitro benzene ring substituents is 1. The minimum atomic E-state index is -0.431. The van der Waals surface area contributed by atoms with E-state index in [0.717, 1.165) is 28.7 Å². The lowest BCUT2D eigenvalue weighted by molar-refractivity contribution is -0.384. The van der Waals surface area contributed by atoms with Gasteiger partial charge in [0.25, 0.3) is 16.8 Å². The van der Waals surface area contributed by atoms with E-state index in [1.165, 1.54) is 17.0 Å². The van der Waals surface area contributed by atoms with Crippen molar-refractivity contribution in [2.24, 2.45) is 0 Å². The highest BCUT2D eigenvalue weighted by Gasteiger charge is 2.33. The zero-order valence-electron chi connectivity index (χ0n) is 14.6. The molecule has 2 heterocycles. The first-order chi connectivity index (χ1) is 12.3. The summed E-state index contributed by atoms with van der Waals surface area (Å²) >= 11 is 0.927. The van der Waals surface area contributed by atoms with Crippen LogP contribution in [0.3, 0.4) is 0 Å². The van der Waals surface area contributed by atoms with Crippen LogP contribution in [-0.4, -0.2) is 32.1 Å². The summed E-state index contributed by atoms with van der Waals surface area (Å²) in [7, 11) is 0. The van der Waals surface area contributed by atoms with E-state index in [0.29, 0.717) is 17.1 Å². The standard InChI is InChI=1S/C18H17N3O4S/c1-4-19-17(22)16(26-18(19)23)9-13-8-11(2)20(12(13)3)14-6-5-7-15(10-14)21(24)25/h5-10H,4H2,1-3H3/b16-9+. The lowest BCUT2D eigenvalue weighted by Gasteiger charge is -2.09. The smallest absolute Gasteiger partial charge is 0.293 e. The predicted octanol–water partition coefficient (Wildman–Crippen LogP) is 4.06. The van der Waals surface area contributed by atoms with E-state index in [-0.39, 0.29) is 16.8 Å². The van der Waals surface area contributed by atoms with Crippen LogP contribution in [0.5, 0.6) is 0 Å². The Labute approximate surface area is 154 Å². The number of carbonyl (C=O) groups is 2. The van der Waals surface area contributed by atoms with Crippen molar-refractivity contribution < 1.29 is 14.5 Å². The van der Waals surface area contributed by atoms with Gasteiger partial charge in [-0.15, -0.1) is 0 Å². The van der Waals surface area contributed by atoms with Gasteiger partial charge in [-0.2, -0.15) is 0 Å². The van der Waals surface area contributed by atoms with Crippen LogP contribution in [0, 0.1) is 24.0 Å². The van der Waals surface area contributed by atoms with Crippen molar-refractivity contribution in [1.29, 1.82) is 0 Å². The minimum absolute atomic E-state index is 0.0145. The number of aryl methyl sites for hydroxylation is 1. The van der Waals surface area contributed by atoms with Crippen molar-refractivity contribution in [3.05, 3.63) is 62.3 Å². The first-order valence-electron chi connectivity index (χ1n) is 8.02. The van der Waals surface area contributed by atoms with E-state index < -0.39 is 4.92 Å². The van der Waals surface area contributed by atoms with Crippen LogP contribution in [0.1, 0.15) is 23.9 Å². The molecule has 0 atom stereocenters. The summed E-state index contributed by atoms with van der Waals surface area (Å²) in [5.74, 6) is -0.289. The number of nitro groups is 1. The van der Waals surface area contributed by atoms with E-state index >= 15 is 0 Å². The molecule has 1 aliphatic rings. The molecule has 2 aromatic rings. The molecule has 134 valence electrons. The number of imide groups is 1. The Bertz CT molecular complexity index is 961. The van der Waals surface area contributed by atoms with E-state index in [1.54, 1.807) is 25.1 Å². The Hall–Kier alpha value is -2.87. The number of non-ortho nitro benzene ring substituents is 1. The van der Waals surface area contributed by atoms with Gasteiger partial charge in [0.2, 0.25) is 0 Å². The van der Waals surface area contributed by atoms with E-state index in [9.17, 15) is 19.7 Å². The normalized spacial score (nSPS) is 16.0. The molecule has 0 radical (unpaired) electrons. The summed E-state index contributed by atoms with van der Waals surface area (Å²) in [6, 6.07) is 8.28. The zero-order chi connectivity index (χ0) is 19.0. The van der Waals surface area contributed by atoms with Gasteiger partial charge in [-0.1, -0.05) is 6.07 Å². The molecule has 26 heavy (non-hydrogen) atoms. The minimum Gasteiger partial charge on any atom is -0.318 e. The highest BCUT2D eigenvalue weighted by Crippen LogP contribution is 2.33. The Morgan fingerprint density at radius 2 is 1.96 bits per heavy atom. The molecule has 7 nitrogen and oxygen atoms in total. The lowest BCUT2D eigenvalue weighted by atomic mass is 10.2. The fraction of sp³-hybridized carbons (Fsp3) is 0.222. The molecule has 3 rings (SSSR count). The van der Waals surface area contributed by atoms with Gasteiger partial charge < -0.3 is 4.57 Å². The van der Waals surface area contributed by atoms with Crippen molar-refractivity contribution in [3.63, 3.8) is 0 Å². The van der Waals surface area contributed by atoms with Crippen LogP contribution < -0.4 is 0 Å². The summed E-state index contributed by atoms with van der Waals surface area (Å²) in [5, 5.41) is 10.8.